The Balaban J connectivity index is 1.34. The first-order valence-corrected chi connectivity index (χ1v) is 14.3. The highest BCUT2D eigenvalue weighted by Gasteiger charge is 2.22. The van der Waals surface area contributed by atoms with E-state index in [9.17, 15) is 5.26 Å². The summed E-state index contributed by atoms with van der Waals surface area (Å²) < 4.78 is 2.49. The number of nitrogens with zero attached hydrogens (tertiary/aromatic N) is 3. The zero-order valence-corrected chi connectivity index (χ0v) is 22.6. The summed E-state index contributed by atoms with van der Waals surface area (Å²) >= 11 is 0. The Bertz CT molecular complexity index is 1810. The standard InChI is InChI=1S/C37H31N3/c38-26-29-12-4-7-21-35(29)39(30-15-2-1-3-16-30)31-17-10-13-27(24-31)28-14-11-18-32(25-28)40-36-22-8-5-19-33(36)34-20-6-9-23-37(34)40/h1-3,5,8,10-19,21-22,24-25H,4,6-7,9,20,23H2. The number of allylic oxidation sites excluding steroid dienone is 3. The third-order valence-electron chi connectivity index (χ3n) is 8.23. The second-order valence-electron chi connectivity index (χ2n) is 10.7. The van der Waals surface area contributed by atoms with Crippen LogP contribution in [0.1, 0.15) is 36.9 Å². The number of para-hydroxylation sites is 2. The molecule has 0 bridgehead atoms. The van der Waals surface area contributed by atoms with Crippen molar-refractivity contribution in [3.05, 3.63) is 138 Å². The Hall–Kier alpha value is -4.81. The Morgan fingerprint density at radius 3 is 2.27 bits per heavy atom. The summed E-state index contributed by atoms with van der Waals surface area (Å²) in [6.45, 7) is 0. The van der Waals surface area contributed by atoms with E-state index in [2.05, 4.69) is 125 Å². The van der Waals surface area contributed by atoms with Gasteiger partial charge in [0.1, 0.15) is 6.07 Å². The molecule has 40 heavy (non-hydrogen) atoms. The van der Waals surface area contributed by atoms with Crippen molar-refractivity contribution in [2.24, 2.45) is 0 Å². The molecule has 0 fully saturated rings. The van der Waals surface area contributed by atoms with Gasteiger partial charge in [-0.2, -0.15) is 5.26 Å². The molecular weight excluding hydrogens is 486 g/mol. The summed E-state index contributed by atoms with van der Waals surface area (Å²) in [5.41, 5.74) is 11.6. The Kier molecular flexibility index (Phi) is 6.30. The van der Waals surface area contributed by atoms with Crippen molar-refractivity contribution < 1.29 is 0 Å². The van der Waals surface area contributed by atoms with E-state index in [1.54, 1.807) is 0 Å². The molecule has 4 aromatic carbocycles. The van der Waals surface area contributed by atoms with Gasteiger partial charge in [-0.15, -0.1) is 0 Å². The van der Waals surface area contributed by atoms with Gasteiger partial charge < -0.3 is 9.47 Å². The van der Waals surface area contributed by atoms with Gasteiger partial charge in [-0.05, 0) is 97.7 Å². The second-order valence-corrected chi connectivity index (χ2v) is 10.7. The first kappa shape index (κ1) is 24.2. The SMILES string of the molecule is N#CC1=CCCC=C1N(c1ccccc1)c1cccc(-c2cccc(-n3c4c(c5ccccc53)CCCC4)c2)c1. The molecule has 5 aromatic rings. The van der Waals surface area contributed by atoms with Crippen LogP contribution < -0.4 is 4.90 Å². The fourth-order valence-corrected chi connectivity index (χ4v) is 6.42. The van der Waals surface area contributed by atoms with Gasteiger partial charge in [-0.25, -0.2) is 0 Å². The van der Waals surface area contributed by atoms with Crippen molar-refractivity contribution >= 4 is 22.3 Å². The van der Waals surface area contributed by atoms with Crippen LogP contribution in [0.3, 0.4) is 0 Å². The molecule has 0 saturated heterocycles. The number of fused-ring (bicyclic) bond motifs is 3. The minimum atomic E-state index is 0.728. The number of benzene rings is 4. The van der Waals surface area contributed by atoms with E-state index in [1.165, 1.54) is 46.3 Å². The lowest BCUT2D eigenvalue weighted by molar-refractivity contribution is 0.667. The number of hydrogen-bond acceptors (Lipinski definition) is 2. The Morgan fingerprint density at radius 2 is 1.40 bits per heavy atom. The number of hydrogen-bond donors (Lipinski definition) is 0. The van der Waals surface area contributed by atoms with Crippen molar-refractivity contribution in [3.8, 4) is 22.9 Å². The number of nitriles is 1. The molecule has 194 valence electrons. The van der Waals surface area contributed by atoms with Crippen LogP contribution in [0.2, 0.25) is 0 Å². The minimum Gasteiger partial charge on any atom is -0.313 e. The van der Waals surface area contributed by atoms with E-state index >= 15 is 0 Å². The molecule has 0 atom stereocenters. The van der Waals surface area contributed by atoms with Crippen LogP contribution in [0, 0.1) is 11.3 Å². The smallest absolute Gasteiger partial charge is 0.101 e. The molecule has 0 saturated carbocycles. The van der Waals surface area contributed by atoms with Crippen LogP contribution in [-0.4, -0.2) is 4.57 Å². The van der Waals surface area contributed by atoms with E-state index in [1.807, 2.05) is 6.07 Å². The first-order chi connectivity index (χ1) is 19.8. The van der Waals surface area contributed by atoms with Crippen molar-refractivity contribution in [2.75, 3.05) is 4.90 Å². The molecule has 7 rings (SSSR count). The molecule has 0 radical (unpaired) electrons. The average Bonchev–Trinajstić information content (AvgIpc) is 3.37. The van der Waals surface area contributed by atoms with Crippen LogP contribution in [0.5, 0.6) is 0 Å². The Labute approximate surface area is 235 Å². The molecule has 0 amide bonds. The predicted octanol–water partition coefficient (Wildman–Crippen LogP) is 9.44. The van der Waals surface area contributed by atoms with E-state index in [0.29, 0.717) is 0 Å². The molecule has 2 aliphatic carbocycles. The number of anilines is 2. The maximum Gasteiger partial charge on any atom is 0.101 e. The minimum absolute atomic E-state index is 0.728. The normalized spacial score (nSPS) is 14.7. The average molecular weight is 518 g/mol. The van der Waals surface area contributed by atoms with Gasteiger partial charge in [0.15, 0.2) is 0 Å². The van der Waals surface area contributed by atoms with Crippen molar-refractivity contribution in [1.29, 1.82) is 5.26 Å². The predicted molar refractivity (Wildman–Crippen MR) is 165 cm³/mol. The molecule has 3 heteroatoms. The number of aromatic nitrogens is 1. The second kappa shape index (κ2) is 10.4. The Morgan fingerprint density at radius 1 is 0.675 bits per heavy atom. The third kappa shape index (κ3) is 4.23. The van der Waals surface area contributed by atoms with E-state index < -0.39 is 0 Å². The van der Waals surface area contributed by atoms with E-state index in [4.69, 9.17) is 0 Å². The fraction of sp³-hybridized carbons (Fsp3) is 0.162. The van der Waals surface area contributed by atoms with Crippen LogP contribution in [0.25, 0.3) is 27.7 Å². The highest BCUT2D eigenvalue weighted by atomic mass is 15.1. The van der Waals surface area contributed by atoms with Gasteiger partial charge >= 0.3 is 0 Å². The molecule has 1 heterocycles. The van der Waals surface area contributed by atoms with Crippen LogP contribution in [0.4, 0.5) is 11.4 Å². The highest BCUT2D eigenvalue weighted by molar-refractivity contribution is 5.88. The van der Waals surface area contributed by atoms with Crippen molar-refractivity contribution in [3.63, 3.8) is 0 Å². The maximum atomic E-state index is 9.93. The molecule has 0 spiro atoms. The quantitative estimate of drug-likeness (QED) is 0.232. The zero-order chi connectivity index (χ0) is 26.9. The summed E-state index contributed by atoms with van der Waals surface area (Å²) in [6, 6.07) is 39.3. The largest absolute Gasteiger partial charge is 0.313 e. The molecule has 2 aliphatic rings. The monoisotopic (exact) mass is 517 g/mol. The molecule has 0 unspecified atom stereocenters. The van der Waals surface area contributed by atoms with Crippen LogP contribution >= 0.6 is 0 Å². The van der Waals surface area contributed by atoms with Crippen LogP contribution in [0.15, 0.2) is 127 Å². The van der Waals surface area contributed by atoms with Gasteiger partial charge in [-0.1, -0.05) is 72.8 Å². The molecule has 0 N–H and O–H groups in total. The lowest BCUT2D eigenvalue weighted by Crippen LogP contribution is -2.19. The van der Waals surface area contributed by atoms with Crippen molar-refractivity contribution in [1.82, 2.24) is 4.57 Å². The summed E-state index contributed by atoms with van der Waals surface area (Å²) in [6.07, 6.45) is 10.9. The fourth-order valence-electron chi connectivity index (χ4n) is 6.42. The van der Waals surface area contributed by atoms with E-state index in [-0.39, 0.29) is 0 Å². The summed E-state index contributed by atoms with van der Waals surface area (Å²) in [7, 11) is 0. The van der Waals surface area contributed by atoms with Crippen LogP contribution in [-0.2, 0) is 12.8 Å². The maximum absolute atomic E-state index is 9.93. The molecule has 1 aromatic heterocycles. The summed E-state index contributed by atoms with van der Waals surface area (Å²) in [5.74, 6) is 0. The highest BCUT2D eigenvalue weighted by Crippen LogP contribution is 2.38. The topological polar surface area (TPSA) is 32.0 Å². The van der Waals surface area contributed by atoms with Gasteiger partial charge in [-0.3, -0.25) is 0 Å². The summed E-state index contributed by atoms with van der Waals surface area (Å²) in [5, 5.41) is 11.3. The van der Waals surface area contributed by atoms with Gasteiger partial charge in [0, 0.05) is 28.1 Å². The van der Waals surface area contributed by atoms with Crippen molar-refractivity contribution in [2.45, 2.75) is 38.5 Å². The van der Waals surface area contributed by atoms with Gasteiger partial charge in [0.25, 0.3) is 0 Å². The van der Waals surface area contributed by atoms with Gasteiger partial charge in [0.2, 0.25) is 0 Å². The molecule has 0 aliphatic heterocycles. The lowest BCUT2D eigenvalue weighted by Gasteiger charge is -2.29. The number of rotatable bonds is 5. The molecular formula is C37H31N3. The van der Waals surface area contributed by atoms with Gasteiger partial charge in [0.05, 0.1) is 16.8 Å². The zero-order valence-electron chi connectivity index (χ0n) is 22.6. The first-order valence-electron chi connectivity index (χ1n) is 14.3. The number of aryl methyl sites for hydroxylation is 1. The lowest BCUT2D eigenvalue weighted by atomic mass is 9.95. The summed E-state index contributed by atoms with van der Waals surface area (Å²) in [4.78, 5) is 2.22. The molecule has 3 nitrogen and oxygen atoms in total. The van der Waals surface area contributed by atoms with E-state index in [0.717, 1.165) is 53.9 Å². The third-order valence-corrected chi connectivity index (χ3v) is 8.23.